The third-order valence-corrected chi connectivity index (χ3v) is 5.53. The van der Waals surface area contributed by atoms with Gasteiger partial charge in [-0.2, -0.15) is 0 Å². The van der Waals surface area contributed by atoms with Crippen LogP contribution in [0.25, 0.3) is 0 Å². The van der Waals surface area contributed by atoms with Gasteiger partial charge >= 0.3 is 5.97 Å². The molecule has 32 heavy (non-hydrogen) atoms. The number of amides is 1. The second kappa shape index (κ2) is 9.34. The lowest BCUT2D eigenvalue weighted by Crippen LogP contribution is -2.22. The Hall–Kier alpha value is -3.48. The van der Waals surface area contributed by atoms with Crippen molar-refractivity contribution in [3.05, 3.63) is 94.0 Å². The number of aliphatic imine (C=N–C) groups is 1. The summed E-state index contributed by atoms with van der Waals surface area (Å²) < 4.78 is 0. The van der Waals surface area contributed by atoms with E-state index in [-0.39, 0.29) is 12.3 Å². The van der Waals surface area contributed by atoms with Crippen molar-refractivity contribution in [3.63, 3.8) is 0 Å². The SMILES string of the molecule is CNCc1ccc(N=C(c2ccc(CC(=O)O)cc2)C2C(=O)Nc3cc(Cl)ccc32)cc1. The van der Waals surface area contributed by atoms with Gasteiger partial charge < -0.3 is 15.7 Å². The molecule has 1 amide bonds. The molecule has 0 spiro atoms. The highest BCUT2D eigenvalue weighted by atomic mass is 35.5. The van der Waals surface area contributed by atoms with Crippen molar-refractivity contribution < 1.29 is 14.7 Å². The van der Waals surface area contributed by atoms with Crippen LogP contribution in [0.1, 0.15) is 28.2 Å². The second-order valence-corrected chi connectivity index (χ2v) is 8.05. The molecule has 6 nitrogen and oxygen atoms in total. The van der Waals surface area contributed by atoms with Gasteiger partial charge in [-0.3, -0.25) is 14.6 Å². The minimum Gasteiger partial charge on any atom is -0.481 e. The monoisotopic (exact) mass is 447 g/mol. The molecule has 3 aromatic rings. The first-order chi connectivity index (χ1) is 15.4. The Morgan fingerprint density at radius 1 is 1.06 bits per heavy atom. The van der Waals surface area contributed by atoms with Crippen LogP contribution in [-0.2, 0) is 22.6 Å². The number of benzene rings is 3. The summed E-state index contributed by atoms with van der Waals surface area (Å²) in [6, 6.07) is 20.3. The number of nitrogens with one attached hydrogen (secondary N) is 2. The van der Waals surface area contributed by atoms with Gasteiger partial charge in [0.15, 0.2) is 0 Å². The van der Waals surface area contributed by atoms with Crippen LogP contribution in [-0.4, -0.2) is 29.7 Å². The van der Waals surface area contributed by atoms with E-state index in [0.29, 0.717) is 22.0 Å². The van der Waals surface area contributed by atoms with Gasteiger partial charge in [-0.05, 0) is 53.6 Å². The van der Waals surface area contributed by atoms with Crippen LogP contribution >= 0.6 is 11.6 Å². The van der Waals surface area contributed by atoms with E-state index in [1.807, 2.05) is 49.5 Å². The van der Waals surface area contributed by atoms with E-state index in [4.69, 9.17) is 21.7 Å². The van der Waals surface area contributed by atoms with Gasteiger partial charge in [-0.15, -0.1) is 0 Å². The summed E-state index contributed by atoms with van der Waals surface area (Å²) in [5.41, 5.74) is 5.36. The molecule has 1 unspecified atom stereocenters. The molecule has 0 saturated heterocycles. The molecular weight excluding hydrogens is 426 g/mol. The molecule has 1 aliphatic rings. The van der Waals surface area contributed by atoms with E-state index in [1.165, 1.54) is 0 Å². The molecule has 0 radical (unpaired) electrons. The highest BCUT2D eigenvalue weighted by Gasteiger charge is 2.35. The van der Waals surface area contributed by atoms with Crippen molar-refractivity contribution in [2.45, 2.75) is 18.9 Å². The van der Waals surface area contributed by atoms with Gasteiger partial charge in [-0.25, -0.2) is 0 Å². The molecule has 0 bridgehead atoms. The number of hydrogen-bond donors (Lipinski definition) is 3. The summed E-state index contributed by atoms with van der Waals surface area (Å²) >= 11 is 6.11. The summed E-state index contributed by atoms with van der Waals surface area (Å²) in [5, 5.41) is 15.6. The van der Waals surface area contributed by atoms with E-state index < -0.39 is 11.9 Å². The Morgan fingerprint density at radius 2 is 1.75 bits per heavy atom. The number of carboxylic acid groups (broad SMARTS) is 1. The third kappa shape index (κ3) is 4.72. The lowest BCUT2D eigenvalue weighted by Gasteiger charge is -2.14. The third-order valence-electron chi connectivity index (χ3n) is 5.29. The van der Waals surface area contributed by atoms with Gasteiger partial charge in [0.05, 0.1) is 17.8 Å². The number of anilines is 1. The first kappa shape index (κ1) is 21.7. The molecule has 4 rings (SSSR count). The van der Waals surface area contributed by atoms with E-state index in [9.17, 15) is 9.59 Å². The van der Waals surface area contributed by atoms with Gasteiger partial charge in [-0.1, -0.05) is 54.1 Å². The largest absolute Gasteiger partial charge is 0.481 e. The maximum absolute atomic E-state index is 13.0. The average molecular weight is 448 g/mol. The Labute approximate surface area is 191 Å². The van der Waals surface area contributed by atoms with Gasteiger partial charge in [0.2, 0.25) is 5.91 Å². The predicted molar refractivity (Wildman–Crippen MR) is 126 cm³/mol. The van der Waals surface area contributed by atoms with Crippen molar-refractivity contribution in [2.24, 2.45) is 4.99 Å². The van der Waals surface area contributed by atoms with Crippen LogP contribution in [0.2, 0.25) is 5.02 Å². The summed E-state index contributed by atoms with van der Waals surface area (Å²) in [5.74, 6) is -1.68. The van der Waals surface area contributed by atoms with Crippen LogP contribution in [0.5, 0.6) is 0 Å². The van der Waals surface area contributed by atoms with Crippen molar-refractivity contribution >= 4 is 40.6 Å². The quantitative estimate of drug-likeness (QED) is 0.463. The number of aliphatic carboxylic acids is 1. The number of halogens is 1. The van der Waals surface area contributed by atoms with Crippen LogP contribution < -0.4 is 10.6 Å². The average Bonchev–Trinajstić information content (AvgIpc) is 3.08. The smallest absolute Gasteiger partial charge is 0.307 e. The molecule has 1 atom stereocenters. The van der Waals surface area contributed by atoms with Crippen molar-refractivity contribution in [3.8, 4) is 0 Å². The Morgan fingerprint density at radius 3 is 2.41 bits per heavy atom. The lowest BCUT2D eigenvalue weighted by molar-refractivity contribution is -0.136. The van der Waals surface area contributed by atoms with Crippen LogP contribution in [0.15, 0.2) is 71.7 Å². The molecule has 0 aromatic heterocycles. The Kier molecular flexibility index (Phi) is 6.35. The fourth-order valence-corrected chi connectivity index (χ4v) is 3.97. The number of fused-ring (bicyclic) bond motifs is 1. The van der Waals surface area contributed by atoms with Crippen molar-refractivity contribution in [1.29, 1.82) is 0 Å². The minimum absolute atomic E-state index is 0.0646. The van der Waals surface area contributed by atoms with Crippen molar-refractivity contribution in [1.82, 2.24) is 5.32 Å². The standard InChI is InChI=1S/C25H22ClN3O3/c1-27-14-16-4-9-19(10-5-16)28-24(17-6-2-15(3-7-17)12-22(30)31)23-20-11-8-18(26)13-21(20)29-25(23)32/h2-11,13,23,27H,12,14H2,1H3,(H,29,32)(H,30,31). The van der Waals surface area contributed by atoms with Crippen LogP contribution in [0, 0.1) is 0 Å². The van der Waals surface area contributed by atoms with Crippen molar-refractivity contribution in [2.75, 3.05) is 12.4 Å². The Bertz CT molecular complexity index is 1190. The van der Waals surface area contributed by atoms with E-state index >= 15 is 0 Å². The molecule has 1 aliphatic heterocycles. The zero-order valence-electron chi connectivity index (χ0n) is 17.4. The summed E-state index contributed by atoms with van der Waals surface area (Å²) in [6.07, 6.45) is -0.0646. The van der Waals surface area contributed by atoms with E-state index in [2.05, 4.69) is 10.6 Å². The molecular formula is C25H22ClN3O3. The molecule has 162 valence electrons. The summed E-state index contributed by atoms with van der Waals surface area (Å²) in [6.45, 7) is 0.751. The highest BCUT2D eigenvalue weighted by molar-refractivity contribution is 6.31. The number of carbonyl (C=O) groups excluding carboxylic acids is 1. The van der Waals surface area contributed by atoms with Gasteiger partial charge in [0.25, 0.3) is 0 Å². The van der Waals surface area contributed by atoms with Gasteiger partial charge in [0.1, 0.15) is 5.92 Å². The highest BCUT2D eigenvalue weighted by Crippen LogP contribution is 2.37. The topological polar surface area (TPSA) is 90.8 Å². The number of hydrogen-bond acceptors (Lipinski definition) is 4. The first-order valence-electron chi connectivity index (χ1n) is 10.2. The first-order valence-corrected chi connectivity index (χ1v) is 10.6. The maximum Gasteiger partial charge on any atom is 0.307 e. The Balaban J connectivity index is 1.78. The number of carbonyl (C=O) groups is 2. The fraction of sp³-hybridized carbons (Fsp3) is 0.160. The maximum atomic E-state index is 13.0. The molecule has 7 heteroatoms. The second-order valence-electron chi connectivity index (χ2n) is 7.62. The molecule has 1 heterocycles. The minimum atomic E-state index is -0.894. The summed E-state index contributed by atoms with van der Waals surface area (Å²) in [4.78, 5) is 28.9. The molecule has 3 N–H and O–H groups in total. The lowest BCUT2D eigenvalue weighted by atomic mass is 9.90. The zero-order valence-corrected chi connectivity index (χ0v) is 18.2. The normalized spacial score (nSPS) is 15.4. The van der Waals surface area contributed by atoms with E-state index in [0.717, 1.165) is 28.9 Å². The number of carboxylic acids is 1. The zero-order chi connectivity index (χ0) is 22.7. The molecule has 0 saturated carbocycles. The van der Waals surface area contributed by atoms with Crippen LogP contribution in [0.3, 0.4) is 0 Å². The number of rotatable bonds is 7. The molecule has 0 aliphatic carbocycles. The van der Waals surface area contributed by atoms with E-state index in [1.54, 1.807) is 24.3 Å². The summed E-state index contributed by atoms with van der Waals surface area (Å²) in [7, 11) is 1.89. The van der Waals surface area contributed by atoms with Crippen LogP contribution in [0.4, 0.5) is 11.4 Å². The fourth-order valence-electron chi connectivity index (χ4n) is 3.80. The number of nitrogens with zero attached hydrogens (tertiary/aromatic N) is 1. The van der Waals surface area contributed by atoms with Gasteiger partial charge in [0, 0.05) is 17.3 Å². The molecule has 3 aromatic carbocycles. The predicted octanol–water partition coefficient (Wildman–Crippen LogP) is 4.54. The molecule has 0 fully saturated rings.